The molecule has 1 heterocycles. The monoisotopic (exact) mass is 279 g/mol. The summed E-state index contributed by atoms with van der Waals surface area (Å²) in [6.45, 7) is 2.81. The van der Waals surface area contributed by atoms with Crippen LogP contribution in [-0.4, -0.2) is 29.2 Å². The summed E-state index contributed by atoms with van der Waals surface area (Å²) in [7, 11) is 0. The van der Waals surface area contributed by atoms with E-state index < -0.39 is 0 Å². The molecule has 1 aliphatic carbocycles. The second-order valence-corrected chi connectivity index (χ2v) is 6.15. The molecule has 0 radical (unpaired) electrons. The fourth-order valence-electron chi connectivity index (χ4n) is 3.42. The number of hydrazone groups is 1. The third-order valence-corrected chi connectivity index (χ3v) is 4.54. The Kier molecular flexibility index (Phi) is 6.02. The highest BCUT2D eigenvalue weighted by Gasteiger charge is 2.38. The fourth-order valence-corrected chi connectivity index (χ4v) is 3.42. The number of nitrogens with zero attached hydrogens (tertiary/aromatic N) is 2. The third-order valence-electron chi connectivity index (χ3n) is 4.54. The van der Waals surface area contributed by atoms with Gasteiger partial charge in [0.05, 0.1) is 17.7 Å². The molecule has 4 nitrogen and oxygen atoms in total. The molecule has 0 aromatic heterocycles. The highest BCUT2D eigenvalue weighted by atomic mass is 16.2. The molecule has 1 fully saturated rings. The molecule has 1 unspecified atom stereocenters. The van der Waals surface area contributed by atoms with Crippen LogP contribution < -0.4 is 5.73 Å². The van der Waals surface area contributed by atoms with Crippen molar-refractivity contribution in [2.45, 2.75) is 77.2 Å². The first kappa shape index (κ1) is 15.5. The summed E-state index contributed by atoms with van der Waals surface area (Å²) in [6.07, 6.45) is 11.1. The quantitative estimate of drug-likeness (QED) is 0.760. The van der Waals surface area contributed by atoms with Crippen LogP contribution in [0.25, 0.3) is 0 Å². The summed E-state index contributed by atoms with van der Waals surface area (Å²) in [6, 6.07) is 0.347. The van der Waals surface area contributed by atoms with Crippen LogP contribution in [-0.2, 0) is 4.79 Å². The third kappa shape index (κ3) is 3.60. The molecule has 2 N–H and O–H groups in total. The number of hydrogen-bond donors (Lipinski definition) is 1. The lowest BCUT2D eigenvalue weighted by Crippen LogP contribution is -2.36. The van der Waals surface area contributed by atoms with Crippen LogP contribution >= 0.6 is 0 Å². The standard InChI is InChI=1S/C16H29N3O/c1-2-8-15-14(11-7-12-17)16(20)19(18-15)13-9-5-3-4-6-10-13/h13-14H,2-12,17H2,1H3. The summed E-state index contributed by atoms with van der Waals surface area (Å²) >= 11 is 0. The van der Waals surface area contributed by atoms with Gasteiger partial charge in [-0.25, -0.2) is 5.01 Å². The molecular weight excluding hydrogens is 250 g/mol. The minimum absolute atomic E-state index is 0.0155. The molecule has 4 heteroatoms. The molecule has 1 saturated carbocycles. The van der Waals surface area contributed by atoms with E-state index in [1.54, 1.807) is 0 Å². The Morgan fingerprint density at radius 2 is 1.95 bits per heavy atom. The molecular formula is C16H29N3O. The van der Waals surface area contributed by atoms with Gasteiger partial charge in [-0.2, -0.15) is 5.10 Å². The second-order valence-electron chi connectivity index (χ2n) is 6.15. The van der Waals surface area contributed by atoms with Crippen molar-refractivity contribution in [1.29, 1.82) is 0 Å². The molecule has 114 valence electrons. The lowest BCUT2D eigenvalue weighted by molar-refractivity contribution is -0.134. The number of carbonyl (C=O) groups excluding carboxylic acids is 1. The first-order valence-corrected chi connectivity index (χ1v) is 8.38. The number of carbonyl (C=O) groups is 1. The maximum atomic E-state index is 12.7. The smallest absolute Gasteiger partial charge is 0.251 e. The lowest BCUT2D eigenvalue weighted by atomic mass is 9.94. The molecule has 1 amide bonds. The lowest BCUT2D eigenvalue weighted by Gasteiger charge is -2.24. The van der Waals surface area contributed by atoms with Gasteiger partial charge < -0.3 is 5.73 Å². The zero-order chi connectivity index (χ0) is 14.4. The van der Waals surface area contributed by atoms with E-state index in [-0.39, 0.29) is 11.8 Å². The average molecular weight is 279 g/mol. The predicted octanol–water partition coefficient (Wildman–Crippen LogP) is 3.06. The van der Waals surface area contributed by atoms with Crippen molar-refractivity contribution >= 4 is 11.6 Å². The molecule has 20 heavy (non-hydrogen) atoms. The molecule has 0 bridgehead atoms. The van der Waals surface area contributed by atoms with Crippen molar-refractivity contribution in [3.05, 3.63) is 0 Å². The Morgan fingerprint density at radius 3 is 2.55 bits per heavy atom. The Labute approximate surface area is 122 Å². The van der Waals surface area contributed by atoms with Gasteiger partial charge in [0.2, 0.25) is 0 Å². The fraction of sp³-hybridized carbons (Fsp3) is 0.875. The molecule has 0 aromatic rings. The minimum Gasteiger partial charge on any atom is -0.330 e. The number of amides is 1. The van der Waals surface area contributed by atoms with Gasteiger partial charge in [0.15, 0.2) is 0 Å². The highest BCUT2D eigenvalue weighted by molar-refractivity contribution is 6.08. The SMILES string of the molecule is CCCC1=NN(C2CCCCCC2)C(=O)C1CCCN. The van der Waals surface area contributed by atoms with E-state index in [0.717, 1.165) is 44.2 Å². The van der Waals surface area contributed by atoms with Crippen molar-refractivity contribution in [3.8, 4) is 0 Å². The maximum absolute atomic E-state index is 12.7. The van der Waals surface area contributed by atoms with Gasteiger partial charge in [0.25, 0.3) is 5.91 Å². The molecule has 1 atom stereocenters. The normalized spacial score (nSPS) is 24.9. The van der Waals surface area contributed by atoms with E-state index in [1.807, 2.05) is 5.01 Å². The van der Waals surface area contributed by atoms with E-state index in [4.69, 9.17) is 10.8 Å². The molecule has 0 spiro atoms. The van der Waals surface area contributed by atoms with Crippen LogP contribution in [0.15, 0.2) is 5.10 Å². The Bertz CT molecular complexity index is 346. The largest absolute Gasteiger partial charge is 0.330 e. The molecule has 1 aliphatic heterocycles. The van der Waals surface area contributed by atoms with Crippen molar-refractivity contribution in [1.82, 2.24) is 5.01 Å². The first-order valence-electron chi connectivity index (χ1n) is 8.38. The van der Waals surface area contributed by atoms with Crippen LogP contribution in [0.5, 0.6) is 0 Å². The zero-order valence-electron chi connectivity index (χ0n) is 12.8. The molecule has 0 aromatic carbocycles. The van der Waals surface area contributed by atoms with Crippen LogP contribution in [0.2, 0.25) is 0 Å². The van der Waals surface area contributed by atoms with E-state index >= 15 is 0 Å². The zero-order valence-corrected chi connectivity index (χ0v) is 12.8. The summed E-state index contributed by atoms with van der Waals surface area (Å²) in [5.74, 6) is 0.260. The summed E-state index contributed by atoms with van der Waals surface area (Å²) < 4.78 is 0. The molecule has 0 saturated heterocycles. The van der Waals surface area contributed by atoms with Crippen LogP contribution in [0, 0.1) is 5.92 Å². The van der Waals surface area contributed by atoms with Crippen molar-refractivity contribution in [2.75, 3.05) is 6.54 Å². The topological polar surface area (TPSA) is 58.7 Å². The van der Waals surface area contributed by atoms with Gasteiger partial charge in [-0.1, -0.05) is 39.0 Å². The van der Waals surface area contributed by atoms with Gasteiger partial charge in [-0.05, 0) is 38.6 Å². The Morgan fingerprint density at radius 1 is 1.25 bits per heavy atom. The van der Waals surface area contributed by atoms with Crippen LogP contribution in [0.1, 0.15) is 71.1 Å². The summed E-state index contributed by atoms with van der Waals surface area (Å²) in [5, 5.41) is 6.56. The van der Waals surface area contributed by atoms with E-state index in [0.29, 0.717) is 12.6 Å². The van der Waals surface area contributed by atoms with Crippen molar-refractivity contribution < 1.29 is 4.79 Å². The first-order chi connectivity index (χ1) is 9.77. The maximum Gasteiger partial charge on any atom is 0.251 e. The van der Waals surface area contributed by atoms with Gasteiger partial charge in [0, 0.05) is 0 Å². The summed E-state index contributed by atoms with van der Waals surface area (Å²) in [4.78, 5) is 12.7. The minimum atomic E-state index is 0.0155. The van der Waals surface area contributed by atoms with Crippen molar-refractivity contribution in [2.24, 2.45) is 16.8 Å². The summed E-state index contributed by atoms with van der Waals surface area (Å²) in [5.41, 5.74) is 6.71. The highest BCUT2D eigenvalue weighted by Crippen LogP contribution is 2.30. The number of rotatable bonds is 6. The molecule has 2 rings (SSSR count). The van der Waals surface area contributed by atoms with Gasteiger partial charge in [-0.15, -0.1) is 0 Å². The Hall–Kier alpha value is -0.900. The van der Waals surface area contributed by atoms with Gasteiger partial charge >= 0.3 is 0 Å². The molecule has 2 aliphatic rings. The second kappa shape index (κ2) is 7.77. The van der Waals surface area contributed by atoms with E-state index in [2.05, 4.69) is 6.92 Å². The van der Waals surface area contributed by atoms with Gasteiger partial charge in [-0.3, -0.25) is 4.79 Å². The average Bonchev–Trinajstić information content (AvgIpc) is 2.65. The van der Waals surface area contributed by atoms with Crippen LogP contribution in [0.4, 0.5) is 0 Å². The number of nitrogens with two attached hydrogens (primary N) is 1. The predicted molar refractivity (Wildman–Crippen MR) is 82.5 cm³/mol. The van der Waals surface area contributed by atoms with E-state index in [9.17, 15) is 4.79 Å². The van der Waals surface area contributed by atoms with E-state index in [1.165, 1.54) is 25.7 Å². The van der Waals surface area contributed by atoms with Gasteiger partial charge in [0.1, 0.15) is 0 Å². The van der Waals surface area contributed by atoms with Crippen molar-refractivity contribution in [3.63, 3.8) is 0 Å². The number of hydrogen-bond acceptors (Lipinski definition) is 3. The van der Waals surface area contributed by atoms with Crippen LogP contribution in [0.3, 0.4) is 0 Å². The Balaban J connectivity index is 2.06.